The van der Waals surface area contributed by atoms with Gasteiger partial charge in [0, 0.05) is 31.7 Å². The van der Waals surface area contributed by atoms with Crippen molar-refractivity contribution in [3.8, 4) is 0 Å². The summed E-state index contributed by atoms with van der Waals surface area (Å²) >= 11 is 0. The predicted octanol–water partition coefficient (Wildman–Crippen LogP) is 4.11. The second kappa shape index (κ2) is 10.2. The lowest BCUT2D eigenvalue weighted by molar-refractivity contribution is -0.140. The van der Waals surface area contributed by atoms with E-state index in [4.69, 9.17) is 5.11 Å². The number of aliphatic carboxylic acids is 1. The molecule has 2 aromatic carbocycles. The SMILES string of the molecule is Cc1ccc(S(=O)(=O)N2C(C)CN(CCc3ccc(C(F)(F)F)c(F)c3)CC2C)cc1CC(=O)O. The summed E-state index contributed by atoms with van der Waals surface area (Å²) in [6.07, 6.45) is -4.71. The van der Waals surface area contributed by atoms with Crippen molar-refractivity contribution in [2.24, 2.45) is 0 Å². The Morgan fingerprint density at radius 3 is 2.26 bits per heavy atom. The first kappa shape index (κ1) is 27.1. The molecule has 0 spiro atoms. The van der Waals surface area contributed by atoms with Crippen LogP contribution in [0.15, 0.2) is 41.3 Å². The maximum Gasteiger partial charge on any atom is 0.419 e. The van der Waals surface area contributed by atoms with Gasteiger partial charge in [-0.2, -0.15) is 17.5 Å². The van der Waals surface area contributed by atoms with Crippen LogP contribution < -0.4 is 0 Å². The summed E-state index contributed by atoms with van der Waals surface area (Å²) in [5.41, 5.74) is 0.250. The molecular weight excluding hydrogens is 488 g/mol. The van der Waals surface area contributed by atoms with Crippen molar-refractivity contribution in [2.45, 2.75) is 56.8 Å². The van der Waals surface area contributed by atoms with E-state index in [-0.39, 0.29) is 11.3 Å². The molecule has 1 saturated heterocycles. The normalized spacial score (nSPS) is 20.2. The van der Waals surface area contributed by atoms with Crippen molar-refractivity contribution in [2.75, 3.05) is 19.6 Å². The maximum atomic E-state index is 13.9. The van der Waals surface area contributed by atoms with Crippen LogP contribution in [0.5, 0.6) is 0 Å². The largest absolute Gasteiger partial charge is 0.481 e. The van der Waals surface area contributed by atoms with Gasteiger partial charge in [0.05, 0.1) is 16.9 Å². The highest BCUT2D eigenvalue weighted by Crippen LogP contribution is 2.32. The third kappa shape index (κ3) is 6.20. The lowest BCUT2D eigenvalue weighted by atomic mass is 10.1. The van der Waals surface area contributed by atoms with Crippen molar-refractivity contribution < 1.29 is 35.9 Å². The van der Waals surface area contributed by atoms with E-state index in [0.717, 1.165) is 12.1 Å². The number of benzene rings is 2. The van der Waals surface area contributed by atoms with Gasteiger partial charge in [0.2, 0.25) is 10.0 Å². The fraction of sp³-hybridized carbons (Fsp3) is 0.458. The Kier molecular flexibility index (Phi) is 7.93. The van der Waals surface area contributed by atoms with Gasteiger partial charge in [-0.3, -0.25) is 9.69 Å². The first-order valence-electron chi connectivity index (χ1n) is 11.1. The van der Waals surface area contributed by atoms with Crippen molar-refractivity contribution in [1.29, 1.82) is 0 Å². The summed E-state index contributed by atoms with van der Waals surface area (Å²) in [6, 6.07) is 6.55. The van der Waals surface area contributed by atoms with Crippen LogP contribution in [-0.2, 0) is 33.8 Å². The standard InChI is InChI=1S/C24H28F4N2O4S/c1-15-4-6-20(11-19(15)12-23(31)32)35(33,34)30-16(2)13-29(14-17(30)3)9-8-18-5-7-21(22(25)10-18)24(26,27)28/h4-7,10-11,16-17H,8-9,12-14H2,1-3H3,(H,31,32). The summed E-state index contributed by atoms with van der Waals surface area (Å²) in [4.78, 5) is 13.2. The number of carboxylic acid groups (broad SMARTS) is 1. The number of hydrogen-bond acceptors (Lipinski definition) is 4. The molecule has 2 atom stereocenters. The molecule has 192 valence electrons. The topological polar surface area (TPSA) is 77.9 Å². The highest BCUT2D eigenvalue weighted by atomic mass is 32.2. The Hall–Kier alpha value is -2.50. The zero-order chi connectivity index (χ0) is 26.1. The van der Waals surface area contributed by atoms with Gasteiger partial charge < -0.3 is 5.11 Å². The van der Waals surface area contributed by atoms with E-state index in [1.807, 2.05) is 4.90 Å². The molecule has 0 amide bonds. The molecule has 3 rings (SSSR count). The van der Waals surface area contributed by atoms with Crippen molar-refractivity contribution in [3.63, 3.8) is 0 Å². The molecule has 2 aromatic rings. The van der Waals surface area contributed by atoms with E-state index in [0.29, 0.717) is 42.7 Å². The van der Waals surface area contributed by atoms with Crippen LogP contribution in [0, 0.1) is 12.7 Å². The van der Waals surface area contributed by atoms with Crippen molar-refractivity contribution in [3.05, 3.63) is 64.5 Å². The third-order valence-electron chi connectivity index (χ3n) is 6.21. The molecule has 1 aliphatic heterocycles. The smallest absolute Gasteiger partial charge is 0.419 e. The summed E-state index contributed by atoms with van der Waals surface area (Å²) in [7, 11) is -3.89. The van der Waals surface area contributed by atoms with Crippen molar-refractivity contribution in [1.82, 2.24) is 9.21 Å². The van der Waals surface area contributed by atoms with Crippen LogP contribution in [0.2, 0.25) is 0 Å². The van der Waals surface area contributed by atoms with Gasteiger partial charge in [0.25, 0.3) is 0 Å². The number of carbonyl (C=O) groups is 1. The minimum absolute atomic E-state index is 0.0340. The van der Waals surface area contributed by atoms with Gasteiger partial charge in [-0.15, -0.1) is 0 Å². The van der Waals surface area contributed by atoms with Crippen molar-refractivity contribution >= 4 is 16.0 Å². The Labute approximate surface area is 202 Å². The fourth-order valence-corrected chi connectivity index (χ4v) is 6.44. The quantitative estimate of drug-likeness (QED) is 0.561. The molecule has 2 unspecified atom stereocenters. The second-order valence-corrected chi connectivity index (χ2v) is 10.9. The van der Waals surface area contributed by atoms with Crippen LogP contribution in [0.1, 0.15) is 36.1 Å². The molecule has 35 heavy (non-hydrogen) atoms. The lowest BCUT2D eigenvalue weighted by Gasteiger charge is -2.43. The van der Waals surface area contributed by atoms with Gasteiger partial charge in [-0.05, 0) is 68.1 Å². The third-order valence-corrected chi connectivity index (χ3v) is 8.33. The van der Waals surface area contributed by atoms with Crippen LogP contribution in [0.25, 0.3) is 0 Å². The van der Waals surface area contributed by atoms with Gasteiger partial charge in [0.1, 0.15) is 5.82 Å². The van der Waals surface area contributed by atoms with Gasteiger partial charge >= 0.3 is 12.1 Å². The number of hydrogen-bond donors (Lipinski definition) is 1. The van der Waals surface area contributed by atoms with Crippen LogP contribution in [-0.4, -0.2) is 60.4 Å². The monoisotopic (exact) mass is 516 g/mol. The number of halogens is 4. The first-order chi connectivity index (χ1) is 16.2. The van der Waals surface area contributed by atoms with E-state index in [1.165, 1.54) is 22.5 Å². The Morgan fingerprint density at radius 2 is 1.71 bits per heavy atom. The lowest BCUT2D eigenvalue weighted by Crippen LogP contribution is -2.58. The molecule has 6 nitrogen and oxygen atoms in total. The number of piperazine rings is 1. The number of sulfonamides is 1. The predicted molar refractivity (Wildman–Crippen MR) is 122 cm³/mol. The Morgan fingerprint density at radius 1 is 1.09 bits per heavy atom. The summed E-state index contributed by atoms with van der Waals surface area (Å²) in [6.45, 7) is 6.47. The van der Waals surface area contributed by atoms with E-state index in [2.05, 4.69) is 0 Å². The molecule has 0 aliphatic carbocycles. The second-order valence-electron chi connectivity index (χ2n) is 9.01. The van der Waals surface area contributed by atoms with E-state index in [9.17, 15) is 30.8 Å². The van der Waals surface area contributed by atoms with E-state index in [1.54, 1.807) is 26.8 Å². The molecule has 1 fully saturated rings. The van der Waals surface area contributed by atoms with Crippen LogP contribution in [0.4, 0.5) is 17.6 Å². The molecule has 0 radical (unpaired) electrons. The minimum Gasteiger partial charge on any atom is -0.481 e. The van der Waals surface area contributed by atoms with Crippen LogP contribution in [0.3, 0.4) is 0 Å². The molecule has 0 saturated carbocycles. The zero-order valence-corrected chi connectivity index (χ0v) is 20.5. The number of carboxylic acids is 1. The maximum absolute atomic E-state index is 13.9. The highest BCUT2D eigenvalue weighted by Gasteiger charge is 2.38. The number of aryl methyl sites for hydroxylation is 1. The number of nitrogens with zero attached hydrogens (tertiary/aromatic N) is 2. The summed E-state index contributed by atoms with van der Waals surface area (Å²) in [5.74, 6) is -2.36. The summed E-state index contributed by atoms with van der Waals surface area (Å²) < 4.78 is 80.4. The van der Waals surface area contributed by atoms with E-state index < -0.39 is 45.6 Å². The number of rotatable bonds is 7. The summed E-state index contributed by atoms with van der Waals surface area (Å²) in [5, 5.41) is 9.11. The molecule has 11 heteroatoms. The highest BCUT2D eigenvalue weighted by molar-refractivity contribution is 7.89. The minimum atomic E-state index is -4.75. The number of alkyl halides is 3. The van der Waals surface area contributed by atoms with Gasteiger partial charge in [-0.25, -0.2) is 12.8 Å². The van der Waals surface area contributed by atoms with Gasteiger partial charge in [0.15, 0.2) is 0 Å². The average molecular weight is 517 g/mol. The molecule has 0 bridgehead atoms. The molecule has 1 N–H and O–H groups in total. The average Bonchev–Trinajstić information content (AvgIpc) is 2.72. The molecule has 0 aromatic heterocycles. The Bertz CT molecular complexity index is 1190. The van der Waals surface area contributed by atoms with Crippen LogP contribution >= 0.6 is 0 Å². The van der Waals surface area contributed by atoms with E-state index >= 15 is 0 Å². The molecule has 1 heterocycles. The molecule has 1 aliphatic rings. The Balaban J connectivity index is 1.71. The fourth-order valence-electron chi connectivity index (χ4n) is 4.59. The van der Waals surface area contributed by atoms with Gasteiger partial charge in [-0.1, -0.05) is 12.1 Å². The first-order valence-corrected chi connectivity index (χ1v) is 12.6. The zero-order valence-electron chi connectivity index (χ0n) is 19.6. The molecular formula is C24H28F4N2O4S.